The highest BCUT2D eigenvalue weighted by molar-refractivity contribution is 6.24. The summed E-state index contributed by atoms with van der Waals surface area (Å²) >= 11 is 5.99. The van der Waals surface area contributed by atoms with Crippen molar-refractivity contribution in [2.24, 2.45) is 0 Å². The van der Waals surface area contributed by atoms with Crippen molar-refractivity contribution in [1.29, 1.82) is 0 Å². The number of hydrogen-bond acceptors (Lipinski definition) is 0. The first kappa shape index (κ1) is 5.43. The summed E-state index contributed by atoms with van der Waals surface area (Å²) in [6.07, 6.45) is 4.97. The largest absolute Gasteiger partial charge is 0.119 e. The fourth-order valence-electron chi connectivity index (χ4n) is 0.914. The monoisotopic (exact) mass is 118 g/mol. The predicted octanol–water partition coefficient (Wildman–Crippen LogP) is 2.56. The molecular formula is C6H11Cl. The van der Waals surface area contributed by atoms with Gasteiger partial charge in [-0.05, 0) is 25.7 Å². The lowest BCUT2D eigenvalue weighted by molar-refractivity contribution is 0.343. The minimum Gasteiger partial charge on any atom is -0.119 e. The van der Waals surface area contributed by atoms with Crippen LogP contribution in [-0.4, -0.2) is 4.87 Å². The zero-order valence-corrected chi connectivity index (χ0v) is 5.46. The van der Waals surface area contributed by atoms with Gasteiger partial charge in [0, 0.05) is 4.87 Å². The minimum absolute atomic E-state index is 0.236. The van der Waals surface area contributed by atoms with Crippen LogP contribution in [0.25, 0.3) is 0 Å². The van der Waals surface area contributed by atoms with E-state index in [-0.39, 0.29) is 4.87 Å². The molecule has 1 rings (SSSR count). The second-order valence-corrected chi connectivity index (χ2v) is 3.16. The Balaban J connectivity index is 2.29. The van der Waals surface area contributed by atoms with E-state index in [1.165, 1.54) is 19.3 Å². The van der Waals surface area contributed by atoms with E-state index in [2.05, 4.69) is 6.92 Å². The first-order chi connectivity index (χ1) is 3.27. The van der Waals surface area contributed by atoms with Crippen LogP contribution in [0.2, 0.25) is 0 Å². The standard InChI is InChI=1S/C6H11Cl/c1-2-6(7)4-3-5-6/h2-5H2,1H3. The van der Waals surface area contributed by atoms with Gasteiger partial charge in [0.1, 0.15) is 0 Å². The normalized spacial score (nSPS) is 26.6. The molecule has 0 atom stereocenters. The van der Waals surface area contributed by atoms with Crippen molar-refractivity contribution in [2.45, 2.75) is 37.5 Å². The molecule has 0 bridgehead atoms. The molecule has 0 amide bonds. The van der Waals surface area contributed by atoms with Gasteiger partial charge in [0.25, 0.3) is 0 Å². The highest BCUT2D eigenvalue weighted by Gasteiger charge is 2.31. The fraction of sp³-hybridized carbons (Fsp3) is 1.00. The summed E-state index contributed by atoms with van der Waals surface area (Å²) in [4.78, 5) is 0.236. The molecule has 0 saturated heterocycles. The van der Waals surface area contributed by atoms with Crippen molar-refractivity contribution in [3.05, 3.63) is 0 Å². The number of rotatable bonds is 1. The molecule has 0 aromatic rings. The Labute approximate surface area is 49.9 Å². The molecule has 0 spiro atoms. The lowest BCUT2D eigenvalue weighted by atomic mass is 9.82. The quantitative estimate of drug-likeness (QED) is 0.465. The van der Waals surface area contributed by atoms with E-state index in [1.807, 2.05) is 0 Å². The third-order valence-corrected chi connectivity index (χ3v) is 2.53. The third kappa shape index (κ3) is 0.908. The highest BCUT2D eigenvalue weighted by Crippen LogP contribution is 2.40. The van der Waals surface area contributed by atoms with Gasteiger partial charge >= 0.3 is 0 Å². The van der Waals surface area contributed by atoms with Gasteiger partial charge in [0.2, 0.25) is 0 Å². The summed E-state index contributed by atoms with van der Waals surface area (Å²) in [5, 5.41) is 0. The van der Waals surface area contributed by atoms with Crippen molar-refractivity contribution in [2.75, 3.05) is 0 Å². The molecule has 0 aliphatic heterocycles. The van der Waals surface area contributed by atoms with Crippen molar-refractivity contribution in [3.8, 4) is 0 Å². The van der Waals surface area contributed by atoms with Gasteiger partial charge in [-0.2, -0.15) is 0 Å². The summed E-state index contributed by atoms with van der Waals surface area (Å²) in [6.45, 7) is 2.16. The van der Waals surface area contributed by atoms with E-state index in [0.29, 0.717) is 0 Å². The van der Waals surface area contributed by atoms with Crippen LogP contribution in [0, 0.1) is 0 Å². The van der Waals surface area contributed by atoms with Crippen LogP contribution >= 0.6 is 11.6 Å². The van der Waals surface area contributed by atoms with Crippen molar-refractivity contribution >= 4 is 11.6 Å². The Morgan fingerprint density at radius 2 is 2.14 bits per heavy atom. The Bertz CT molecular complexity index is 59.1. The van der Waals surface area contributed by atoms with Gasteiger partial charge in [-0.3, -0.25) is 0 Å². The van der Waals surface area contributed by atoms with Crippen LogP contribution in [0.1, 0.15) is 32.6 Å². The van der Waals surface area contributed by atoms with Crippen molar-refractivity contribution in [3.63, 3.8) is 0 Å². The number of hydrogen-bond donors (Lipinski definition) is 0. The molecule has 1 aliphatic rings. The van der Waals surface area contributed by atoms with Crippen LogP contribution < -0.4 is 0 Å². The summed E-state index contributed by atoms with van der Waals surface area (Å²) < 4.78 is 0. The maximum Gasteiger partial charge on any atom is 0.0444 e. The maximum atomic E-state index is 5.99. The maximum absolute atomic E-state index is 5.99. The first-order valence-electron chi connectivity index (χ1n) is 2.96. The Kier molecular flexibility index (Phi) is 1.29. The topological polar surface area (TPSA) is 0 Å². The third-order valence-electron chi connectivity index (χ3n) is 1.88. The van der Waals surface area contributed by atoms with Gasteiger partial charge in [0.15, 0.2) is 0 Å². The summed E-state index contributed by atoms with van der Waals surface area (Å²) in [6, 6.07) is 0. The molecule has 1 saturated carbocycles. The molecule has 0 aromatic carbocycles. The summed E-state index contributed by atoms with van der Waals surface area (Å²) in [7, 11) is 0. The fourth-order valence-corrected chi connectivity index (χ4v) is 1.18. The first-order valence-corrected chi connectivity index (χ1v) is 3.33. The van der Waals surface area contributed by atoms with E-state index < -0.39 is 0 Å². The van der Waals surface area contributed by atoms with Crippen LogP contribution in [0.3, 0.4) is 0 Å². The van der Waals surface area contributed by atoms with Crippen molar-refractivity contribution in [1.82, 2.24) is 0 Å². The molecule has 0 unspecified atom stereocenters. The van der Waals surface area contributed by atoms with Crippen LogP contribution in [0.4, 0.5) is 0 Å². The number of halogens is 1. The van der Waals surface area contributed by atoms with Gasteiger partial charge in [-0.15, -0.1) is 11.6 Å². The molecular weight excluding hydrogens is 108 g/mol. The Morgan fingerprint density at radius 1 is 1.57 bits per heavy atom. The highest BCUT2D eigenvalue weighted by atomic mass is 35.5. The molecule has 42 valence electrons. The molecule has 1 fully saturated rings. The van der Waals surface area contributed by atoms with E-state index in [9.17, 15) is 0 Å². The average Bonchev–Trinajstić information content (AvgIpc) is 1.61. The van der Waals surface area contributed by atoms with E-state index in [1.54, 1.807) is 0 Å². The van der Waals surface area contributed by atoms with Gasteiger partial charge in [-0.25, -0.2) is 0 Å². The number of alkyl halides is 1. The van der Waals surface area contributed by atoms with Gasteiger partial charge in [-0.1, -0.05) is 6.92 Å². The van der Waals surface area contributed by atoms with Crippen LogP contribution in [0.15, 0.2) is 0 Å². The van der Waals surface area contributed by atoms with Crippen LogP contribution in [0.5, 0.6) is 0 Å². The van der Waals surface area contributed by atoms with Gasteiger partial charge in [0.05, 0.1) is 0 Å². The lowest BCUT2D eigenvalue weighted by Crippen LogP contribution is -2.28. The van der Waals surface area contributed by atoms with Crippen LogP contribution in [-0.2, 0) is 0 Å². The van der Waals surface area contributed by atoms with E-state index >= 15 is 0 Å². The molecule has 1 heteroatoms. The average molecular weight is 119 g/mol. The Morgan fingerprint density at radius 3 is 2.14 bits per heavy atom. The van der Waals surface area contributed by atoms with Crippen molar-refractivity contribution < 1.29 is 0 Å². The molecule has 0 aromatic heterocycles. The smallest absolute Gasteiger partial charge is 0.0444 e. The molecule has 7 heavy (non-hydrogen) atoms. The SMILES string of the molecule is CCC1(Cl)CCC1. The zero-order chi connectivity index (χ0) is 5.33. The molecule has 0 radical (unpaired) electrons. The second-order valence-electron chi connectivity index (χ2n) is 2.36. The van der Waals surface area contributed by atoms with E-state index in [4.69, 9.17) is 11.6 Å². The lowest BCUT2D eigenvalue weighted by Gasteiger charge is -2.34. The second kappa shape index (κ2) is 1.66. The zero-order valence-electron chi connectivity index (χ0n) is 4.71. The Hall–Kier alpha value is 0.290. The molecule has 0 N–H and O–H groups in total. The summed E-state index contributed by atoms with van der Waals surface area (Å²) in [5.74, 6) is 0. The minimum atomic E-state index is 0.236. The predicted molar refractivity (Wildman–Crippen MR) is 32.7 cm³/mol. The molecule has 1 aliphatic carbocycles. The van der Waals surface area contributed by atoms with E-state index in [0.717, 1.165) is 6.42 Å². The molecule has 0 heterocycles. The summed E-state index contributed by atoms with van der Waals surface area (Å²) in [5.41, 5.74) is 0. The molecule has 0 nitrogen and oxygen atoms in total. The van der Waals surface area contributed by atoms with Gasteiger partial charge < -0.3 is 0 Å².